The van der Waals surface area contributed by atoms with E-state index in [2.05, 4.69) is 7.05 Å². The normalized spacial score (nSPS) is 47.1. The van der Waals surface area contributed by atoms with Gasteiger partial charge in [0.05, 0.1) is 31.7 Å². The van der Waals surface area contributed by atoms with Gasteiger partial charge in [-0.2, -0.15) is 0 Å². The summed E-state index contributed by atoms with van der Waals surface area (Å²) in [5.41, 5.74) is 0.505. The Bertz CT molecular complexity index is 823. The van der Waals surface area contributed by atoms with Crippen LogP contribution < -0.4 is 4.74 Å². The van der Waals surface area contributed by atoms with Crippen LogP contribution in [0.2, 0.25) is 0 Å². The standard InChI is InChI=1S/C22H29NO4/c1-23(12-13-3-2-4-13)10-9-21-19-14-11-18(23)22(21,26)8-7-16(25)20(21)27-17(19)6-5-15(14)24/h5-6,13,16,18,20,25-26H,2-4,7-12H2,1H3/p+1/t16-,18?,20?,21-,22?,23?/m0/s1. The summed E-state index contributed by atoms with van der Waals surface area (Å²) < 4.78 is 7.15. The first-order chi connectivity index (χ1) is 12.9. The van der Waals surface area contributed by atoms with Crippen LogP contribution in [0.1, 0.15) is 49.7 Å². The number of aromatic hydroxyl groups is 1. The maximum absolute atomic E-state index is 12.3. The van der Waals surface area contributed by atoms with Crippen LogP contribution in [-0.2, 0) is 11.8 Å². The molecule has 3 aliphatic carbocycles. The van der Waals surface area contributed by atoms with Gasteiger partial charge in [-0.15, -0.1) is 0 Å². The lowest BCUT2D eigenvalue weighted by molar-refractivity contribution is -0.952. The van der Waals surface area contributed by atoms with Gasteiger partial charge in [0.15, 0.2) is 0 Å². The largest absolute Gasteiger partial charge is 0.508 e. The molecule has 1 aromatic rings. The van der Waals surface area contributed by atoms with Crippen LogP contribution in [0, 0.1) is 5.92 Å². The van der Waals surface area contributed by atoms with E-state index < -0.39 is 23.2 Å². The van der Waals surface area contributed by atoms with Gasteiger partial charge < -0.3 is 24.5 Å². The van der Waals surface area contributed by atoms with Crippen molar-refractivity contribution in [2.45, 2.75) is 74.2 Å². The molecule has 27 heavy (non-hydrogen) atoms. The molecule has 5 aliphatic rings. The third kappa shape index (κ3) is 1.77. The summed E-state index contributed by atoms with van der Waals surface area (Å²) >= 11 is 0. The number of aliphatic hydroxyl groups excluding tert-OH is 1. The second kappa shape index (κ2) is 5.00. The van der Waals surface area contributed by atoms with E-state index in [1.807, 2.05) is 6.07 Å². The van der Waals surface area contributed by atoms with Crippen LogP contribution in [-0.4, -0.2) is 63.8 Å². The molecule has 0 radical (unpaired) electrons. The number of ether oxygens (including phenoxy) is 1. The smallest absolute Gasteiger partial charge is 0.137 e. The zero-order chi connectivity index (χ0) is 18.6. The summed E-state index contributed by atoms with van der Waals surface area (Å²) in [6.07, 6.45) is 5.70. The van der Waals surface area contributed by atoms with Gasteiger partial charge in [-0.1, -0.05) is 6.42 Å². The molecule has 3 fully saturated rings. The molecule has 1 spiro atoms. The highest BCUT2D eigenvalue weighted by Crippen LogP contribution is 2.66. The lowest BCUT2D eigenvalue weighted by Crippen LogP contribution is -2.81. The van der Waals surface area contributed by atoms with Crippen molar-refractivity contribution >= 4 is 0 Å². The van der Waals surface area contributed by atoms with Crippen molar-refractivity contribution in [1.82, 2.24) is 0 Å². The second-order valence-corrected chi connectivity index (χ2v) is 10.1. The van der Waals surface area contributed by atoms with E-state index in [9.17, 15) is 15.3 Å². The topological polar surface area (TPSA) is 69.9 Å². The summed E-state index contributed by atoms with van der Waals surface area (Å²) in [5, 5.41) is 33.8. The predicted octanol–water partition coefficient (Wildman–Crippen LogP) is 1.85. The average molecular weight is 372 g/mol. The highest BCUT2D eigenvalue weighted by atomic mass is 16.5. The van der Waals surface area contributed by atoms with E-state index in [-0.39, 0.29) is 6.04 Å². The van der Waals surface area contributed by atoms with E-state index in [4.69, 9.17) is 4.74 Å². The zero-order valence-electron chi connectivity index (χ0n) is 16.0. The van der Waals surface area contributed by atoms with E-state index in [1.165, 1.54) is 19.3 Å². The molecule has 146 valence electrons. The molecule has 2 heterocycles. The van der Waals surface area contributed by atoms with Gasteiger partial charge in [0, 0.05) is 29.9 Å². The van der Waals surface area contributed by atoms with Crippen molar-refractivity contribution in [3.63, 3.8) is 0 Å². The minimum absolute atomic E-state index is 0.0530. The van der Waals surface area contributed by atoms with Crippen LogP contribution in [0.15, 0.2) is 12.1 Å². The predicted molar refractivity (Wildman–Crippen MR) is 99.8 cm³/mol. The minimum Gasteiger partial charge on any atom is -0.508 e. The molecule has 0 amide bonds. The highest BCUT2D eigenvalue weighted by molar-refractivity contribution is 5.61. The van der Waals surface area contributed by atoms with Crippen molar-refractivity contribution in [2.75, 3.05) is 20.1 Å². The third-order valence-electron chi connectivity index (χ3n) is 9.00. The van der Waals surface area contributed by atoms with Gasteiger partial charge in [0.1, 0.15) is 29.2 Å². The number of quaternary nitrogens is 1. The molecule has 3 N–H and O–H groups in total. The molecule has 6 rings (SSSR count). The summed E-state index contributed by atoms with van der Waals surface area (Å²) in [6, 6.07) is 3.61. The number of rotatable bonds is 2. The van der Waals surface area contributed by atoms with Crippen LogP contribution in [0.4, 0.5) is 0 Å². The summed E-state index contributed by atoms with van der Waals surface area (Å²) in [7, 11) is 2.32. The van der Waals surface area contributed by atoms with Gasteiger partial charge in [-0.05, 0) is 37.8 Å². The molecule has 5 nitrogen and oxygen atoms in total. The number of aliphatic hydroxyl groups is 2. The van der Waals surface area contributed by atoms with Gasteiger partial charge in [-0.25, -0.2) is 0 Å². The summed E-state index contributed by atoms with van der Waals surface area (Å²) in [5.74, 6) is 1.85. The second-order valence-electron chi connectivity index (χ2n) is 10.1. The van der Waals surface area contributed by atoms with Crippen molar-refractivity contribution in [1.29, 1.82) is 0 Å². The Morgan fingerprint density at radius 3 is 2.78 bits per heavy atom. The van der Waals surface area contributed by atoms with Crippen molar-refractivity contribution < 1.29 is 24.5 Å². The molecular weight excluding hydrogens is 342 g/mol. The Kier molecular flexibility index (Phi) is 3.08. The molecule has 0 aromatic heterocycles. The quantitative estimate of drug-likeness (QED) is 0.693. The summed E-state index contributed by atoms with van der Waals surface area (Å²) in [4.78, 5) is 0. The van der Waals surface area contributed by atoms with Gasteiger partial charge in [0.25, 0.3) is 0 Å². The van der Waals surface area contributed by atoms with Gasteiger partial charge >= 0.3 is 0 Å². The maximum atomic E-state index is 12.3. The van der Waals surface area contributed by atoms with Gasteiger partial charge in [-0.3, -0.25) is 0 Å². The van der Waals surface area contributed by atoms with Crippen molar-refractivity contribution in [3.05, 3.63) is 23.3 Å². The van der Waals surface area contributed by atoms with E-state index in [1.54, 1.807) is 6.07 Å². The fraction of sp³-hybridized carbons (Fsp3) is 0.727. The Labute approximate surface area is 160 Å². The number of likely N-dealkylation sites (tertiary alicyclic amines) is 1. The number of likely N-dealkylation sites (N-methyl/N-ethyl adjacent to an activating group) is 1. The molecular formula is C22H30NO4+. The lowest BCUT2D eigenvalue weighted by atomic mass is 9.48. The Hall–Kier alpha value is -1.30. The number of benzene rings is 1. The third-order valence-corrected chi connectivity index (χ3v) is 9.00. The SMILES string of the molecule is C[N+]1(CC2CCC2)CC[C@@]23c4c5ccc(O)c4CC1C2(O)CC[C@H](O)C3O5. The first-order valence-corrected chi connectivity index (χ1v) is 10.7. The van der Waals surface area contributed by atoms with Crippen LogP contribution in [0.3, 0.4) is 0 Å². The molecule has 2 aliphatic heterocycles. The number of phenols is 1. The molecule has 2 saturated carbocycles. The number of nitrogens with zero attached hydrogens (tertiary/aromatic N) is 1. The fourth-order valence-corrected chi connectivity index (χ4v) is 7.52. The molecule has 6 atom stereocenters. The molecule has 2 bridgehead atoms. The number of phenolic OH excluding ortho intramolecular Hbond substituents is 1. The first-order valence-electron chi connectivity index (χ1n) is 10.7. The van der Waals surface area contributed by atoms with E-state index in [0.29, 0.717) is 25.0 Å². The lowest BCUT2D eigenvalue weighted by Gasteiger charge is -2.65. The van der Waals surface area contributed by atoms with Crippen LogP contribution >= 0.6 is 0 Å². The van der Waals surface area contributed by atoms with Crippen LogP contribution in [0.25, 0.3) is 0 Å². The molecule has 4 unspecified atom stereocenters. The van der Waals surface area contributed by atoms with E-state index in [0.717, 1.165) is 46.8 Å². The Morgan fingerprint density at radius 1 is 1.22 bits per heavy atom. The van der Waals surface area contributed by atoms with Crippen LogP contribution in [0.5, 0.6) is 11.5 Å². The number of piperidine rings is 1. The zero-order valence-corrected chi connectivity index (χ0v) is 16.0. The fourth-order valence-electron chi connectivity index (χ4n) is 7.52. The Balaban J connectivity index is 1.56. The van der Waals surface area contributed by atoms with Crippen molar-refractivity contribution in [3.8, 4) is 11.5 Å². The minimum atomic E-state index is -0.875. The number of hydrogen-bond acceptors (Lipinski definition) is 4. The average Bonchev–Trinajstić information content (AvgIpc) is 2.95. The Morgan fingerprint density at radius 2 is 2.04 bits per heavy atom. The highest BCUT2D eigenvalue weighted by Gasteiger charge is 2.76. The monoisotopic (exact) mass is 372 g/mol. The first kappa shape index (κ1) is 16.6. The number of hydrogen-bond donors (Lipinski definition) is 3. The molecule has 5 heteroatoms. The van der Waals surface area contributed by atoms with Gasteiger partial charge in [0.2, 0.25) is 0 Å². The maximum Gasteiger partial charge on any atom is 0.137 e. The van der Waals surface area contributed by atoms with E-state index >= 15 is 0 Å². The molecule has 1 saturated heterocycles. The van der Waals surface area contributed by atoms with Crippen molar-refractivity contribution in [2.24, 2.45) is 5.92 Å². The summed E-state index contributed by atoms with van der Waals surface area (Å²) in [6.45, 7) is 2.12. The molecule has 1 aromatic carbocycles.